The zero-order chi connectivity index (χ0) is 9.68. The molecule has 0 aromatic heterocycles. The van der Waals surface area contributed by atoms with Crippen molar-refractivity contribution < 1.29 is 0 Å². The average Bonchev–Trinajstić information content (AvgIpc) is 2.59. The summed E-state index contributed by atoms with van der Waals surface area (Å²) in [6.07, 6.45) is 8.91. The second kappa shape index (κ2) is 4.85. The van der Waals surface area contributed by atoms with Crippen LogP contribution < -0.4 is 0 Å². The molecule has 2 heteroatoms. The van der Waals surface area contributed by atoms with Gasteiger partial charge in [0.2, 0.25) is 0 Å². The highest BCUT2D eigenvalue weighted by Crippen LogP contribution is 2.26. The number of hydrogen-bond acceptors (Lipinski definition) is 2. The maximum absolute atomic E-state index is 3.83. The molecule has 1 aliphatic carbocycles. The fourth-order valence-electron chi connectivity index (χ4n) is 1.96. The molecular weight excluding hydrogens is 160 g/mol. The Bertz CT molecular complexity index is 212. The van der Waals surface area contributed by atoms with Crippen LogP contribution in [0.2, 0.25) is 0 Å². The number of aliphatic imine (C=N–C) groups is 1. The first-order valence-corrected chi connectivity index (χ1v) is 4.83. The van der Waals surface area contributed by atoms with Gasteiger partial charge in [-0.05, 0) is 32.7 Å². The molecule has 0 atom stereocenters. The predicted octanol–water partition coefficient (Wildman–Crippen LogP) is 2.94. The fraction of sp³-hybridized carbons (Fsp3) is 0.545. The van der Waals surface area contributed by atoms with Crippen molar-refractivity contribution in [3.63, 3.8) is 0 Å². The summed E-state index contributed by atoms with van der Waals surface area (Å²) in [4.78, 5) is 5.98. The van der Waals surface area contributed by atoms with Gasteiger partial charge in [0.1, 0.15) is 0 Å². The van der Waals surface area contributed by atoms with Gasteiger partial charge in [0, 0.05) is 17.9 Å². The molecule has 1 rings (SSSR count). The lowest BCUT2D eigenvalue weighted by atomic mass is 10.2. The minimum atomic E-state index is 0.635. The van der Waals surface area contributed by atoms with E-state index in [4.69, 9.17) is 0 Å². The van der Waals surface area contributed by atoms with E-state index in [9.17, 15) is 0 Å². The molecule has 0 amide bonds. The third kappa shape index (κ3) is 2.44. The standard InChI is InChI=1S/C11H18N2/c1-4-13(10(2)9-12-3)11-7-5-6-8-11/h4,9,11H,1,3,5-8H2,2H3/b10-9+. The molecule has 0 aromatic rings. The van der Waals surface area contributed by atoms with Gasteiger partial charge in [-0.3, -0.25) is 4.99 Å². The molecule has 1 aliphatic rings. The van der Waals surface area contributed by atoms with Crippen molar-refractivity contribution in [3.05, 3.63) is 24.7 Å². The Morgan fingerprint density at radius 2 is 2.08 bits per heavy atom. The van der Waals surface area contributed by atoms with E-state index < -0.39 is 0 Å². The molecule has 0 aromatic carbocycles. The molecule has 0 heterocycles. The van der Waals surface area contributed by atoms with Crippen molar-refractivity contribution in [2.75, 3.05) is 0 Å². The largest absolute Gasteiger partial charge is 0.348 e. The van der Waals surface area contributed by atoms with Crippen LogP contribution in [0.4, 0.5) is 0 Å². The Morgan fingerprint density at radius 1 is 1.46 bits per heavy atom. The van der Waals surface area contributed by atoms with Crippen LogP contribution in [0, 0.1) is 0 Å². The van der Waals surface area contributed by atoms with Crippen molar-refractivity contribution in [1.29, 1.82) is 0 Å². The van der Waals surface area contributed by atoms with Crippen molar-refractivity contribution in [2.45, 2.75) is 38.6 Å². The Balaban J connectivity index is 2.65. The highest BCUT2D eigenvalue weighted by atomic mass is 15.2. The lowest BCUT2D eigenvalue weighted by Gasteiger charge is -2.27. The second-order valence-corrected chi connectivity index (χ2v) is 3.48. The van der Waals surface area contributed by atoms with E-state index >= 15 is 0 Å². The van der Waals surface area contributed by atoms with E-state index in [-0.39, 0.29) is 0 Å². The normalized spacial score (nSPS) is 18.7. The lowest BCUT2D eigenvalue weighted by molar-refractivity contribution is 0.344. The van der Waals surface area contributed by atoms with Crippen LogP contribution in [0.25, 0.3) is 0 Å². The van der Waals surface area contributed by atoms with Crippen LogP contribution in [0.3, 0.4) is 0 Å². The zero-order valence-corrected chi connectivity index (χ0v) is 8.37. The zero-order valence-electron chi connectivity index (χ0n) is 8.37. The summed E-state index contributed by atoms with van der Waals surface area (Å²) in [6.45, 7) is 9.34. The van der Waals surface area contributed by atoms with E-state index in [1.165, 1.54) is 25.7 Å². The summed E-state index contributed by atoms with van der Waals surface area (Å²) >= 11 is 0. The smallest absolute Gasteiger partial charge is 0.0452 e. The molecule has 0 N–H and O–H groups in total. The van der Waals surface area contributed by atoms with Gasteiger partial charge < -0.3 is 4.90 Å². The average molecular weight is 178 g/mol. The molecular formula is C11H18N2. The molecule has 1 saturated carbocycles. The van der Waals surface area contributed by atoms with Gasteiger partial charge in [-0.2, -0.15) is 0 Å². The maximum Gasteiger partial charge on any atom is 0.0452 e. The van der Waals surface area contributed by atoms with Crippen LogP contribution in [0.5, 0.6) is 0 Å². The summed E-state index contributed by atoms with van der Waals surface area (Å²) in [7, 11) is 0. The first-order chi connectivity index (χ1) is 6.29. The molecule has 1 fully saturated rings. The highest BCUT2D eigenvalue weighted by Gasteiger charge is 2.20. The quantitative estimate of drug-likeness (QED) is 0.604. The molecule has 2 nitrogen and oxygen atoms in total. The summed E-state index contributed by atoms with van der Waals surface area (Å²) < 4.78 is 0. The topological polar surface area (TPSA) is 15.6 Å². The molecule has 0 bridgehead atoms. The van der Waals surface area contributed by atoms with E-state index in [1.807, 2.05) is 6.20 Å². The predicted molar refractivity (Wildman–Crippen MR) is 57.6 cm³/mol. The Morgan fingerprint density at radius 3 is 2.54 bits per heavy atom. The Hall–Kier alpha value is -1.05. The molecule has 0 aliphatic heterocycles. The molecule has 13 heavy (non-hydrogen) atoms. The number of allylic oxidation sites excluding steroid dienone is 1. The maximum atomic E-state index is 3.83. The lowest BCUT2D eigenvalue weighted by Crippen LogP contribution is -2.25. The van der Waals surface area contributed by atoms with Crippen molar-refractivity contribution in [2.24, 2.45) is 4.99 Å². The van der Waals surface area contributed by atoms with E-state index in [2.05, 4.69) is 30.1 Å². The van der Waals surface area contributed by atoms with Crippen LogP contribution in [0.15, 0.2) is 29.7 Å². The summed E-state index contributed by atoms with van der Waals surface area (Å²) in [6, 6.07) is 0.635. The third-order valence-corrected chi connectivity index (χ3v) is 2.60. The molecule has 0 unspecified atom stereocenters. The van der Waals surface area contributed by atoms with E-state index in [0.717, 1.165) is 5.70 Å². The summed E-state index contributed by atoms with van der Waals surface area (Å²) in [5.74, 6) is 0. The van der Waals surface area contributed by atoms with Gasteiger partial charge in [0.05, 0.1) is 0 Å². The van der Waals surface area contributed by atoms with E-state index in [1.54, 1.807) is 6.20 Å². The van der Waals surface area contributed by atoms with Crippen LogP contribution in [-0.2, 0) is 0 Å². The molecule has 0 radical (unpaired) electrons. The highest BCUT2D eigenvalue weighted by molar-refractivity contribution is 5.26. The van der Waals surface area contributed by atoms with Crippen LogP contribution >= 0.6 is 0 Å². The minimum absolute atomic E-state index is 0.635. The molecule has 72 valence electrons. The number of hydrogen-bond donors (Lipinski definition) is 0. The van der Waals surface area contributed by atoms with Crippen molar-refractivity contribution in [1.82, 2.24) is 4.90 Å². The SMILES string of the molecule is C=CN(/C(C)=C/N=C)C1CCCC1. The first kappa shape index (κ1) is 10.0. The molecule has 0 saturated heterocycles. The second-order valence-electron chi connectivity index (χ2n) is 3.48. The summed E-state index contributed by atoms with van der Waals surface area (Å²) in [5, 5.41) is 0. The van der Waals surface area contributed by atoms with Gasteiger partial charge in [0.15, 0.2) is 0 Å². The van der Waals surface area contributed by atoms with E-state index in [0.29, 0.717) is 6.04 Å². The fourth-order valence-corrected chi connectivity index (χ4v) is 1.96. The Labute approximate surface area is 80.7 Å². The van der Waals surface area contributed by atoms with Crippen molar-refractivity contribution >= 4 is 6.72 Å². The monoisotopic (exact) mass is 178 g/mol. The van der Waals surface area contributed by atoms with Gasteiger partial charge >= 0.3 is 0 Å². The van der Waals surface area contributed by atoms with Gasteiger partial charge in [-0.25, -0.2) is 0 Å². The third-order valence-electron chi connectivity index (χ3n) is 2.60. The van der Waals surface area contributed by atoms with Crippen LogP contribution in [-0.4, -0.2) is 17.7 Å². The number of nitrogens with zero attached hydrogens (tertiary/aromatic N) is 2. The van der Waals surface area contributed by atoms with Gasteiger partial charge in [0.25, 0.3) is 0 Å². The number of rotatable bonds is 4. The van der Waals surface area contributed by atoms with Gasteiger partial charge in [-0.15, -0.1) is 0 Å². The first-order valence-electron chi connectivity index (χ1n) is 4.83. The summed E-state index contributed by atoms with van der Waals surface area (Å²) in [5.41, 5.74) is 1.14. The van der Waals surface area contributed by atoms with Crippen molar-refractivity contribution in [3.8, 4) is 0 Å². The molecule has 0 spiro atoms. The Kier molecular flexibility index (Phi) is 3.74. The van der Waals surface area contributed by atoms with Crippen LogP contribution in [0.1, 0.15) is 32.6 Å². The van der Waals surface area contributed by atoms with Gasteiger partial charge in [-0.1, -0.05) is 19.4 Å². The minimum Gasteiger partial charge on any atom is -0.348 e.